The molecule has 0 saturated carbocycles. The summed E-state index contributed by atoms with van der Waals surface area (Å²) in [6.45, 7) is 2.88. The van der Waals surface area contributed by atoms with Crippen LogP contribution in [0.15, 0.2) is 48.5 Å². The lowest BCUT2D eigenvalue weighted by molar-refractivity contribution is -0.126. The molecule has 0 aliphatic carbocycles. The van der Waals surface area contributed by atoms with Gasteiger partial charge in [0.2, 0.25) is 11.8 Å². The van der Waals surface area contributed by atoms with Crippen LogP contribution in [0.4, 0.5) is 15.8 Å². The van der Waals surface area contributed by atoms with Crippen LogP contribution in [0.3, 0.4) is 0 Å². The predicted octanol–water partition coefficient (Wildman–Crippen LogP) is 3.10. The molecule has 146 valence electrons. The molecule has 1 unspecified atom stereocenters. The van der Waals surface area contributed by atoms with Crippen molar-refractivity contribution in [1.82, 2.24) is 5.32 Å². The van der Waals surface area contributed by atoms with E-state index >= 15 is 0 Å². The lowest BCUT2D eigenvalue weighted by Gasteiger charge is -2.20. The minimum Gasteiger partial charge on any atom is -0.372 e. The van der Waals surface area contributed by atoms with Gasteiger partial charge in [-0.2, -0.15) is 0 Å². The number of carbonyl (C=O) groups excluding carboxylic acids is 2. The molecule has 1 N–H and O–H groups in total. The van der Waals surface area contributed by atoms with Crippen LogP contribution in [0.1, 0.15) is 24.8 Å². The van der Waals surface area contributed by atoms with E-state index in [0.717, 1.165) is 24.3 Å². The summed E-state index contributed by atoms with van der Waals surface area (Å²) in [4.78, 5) is 28.9. The van der Waals surface area contributed by atoms with E-state index in [9.17, 15) is 14.0 Å². The zero-order chi connectivity index (χ0) is 19.5. The molecule has 2 aliphatic heterocycles. The van der Waals surface area contributed by atoms with E-state index in [1.54, 1.807) is 17.0 Å². The fourth-order valence-corrected chi connectivity index (χ4v) is 3.89. The summed E-state index contributed by atoms with van der Waals surface area (Å²) in [7, 11) is 0. The average molecular weight is 381 g/mol. The number of nitrogens with zero attached hydrogens (tertiary/aromatic N) is 2. The van der Waals surface area contributed by atoms with Gasteiger partial charge < -0.3 is 15.1 Å². The minimum absolute atomic E-state index is 0.0316. The molecule has 28 heavy (non-hydrogen) atoms. The zero-order valence-corrected chi connectivity index (χ0v) is 15.7. The first kappa shape index (κ1) is 18.5. The van der Waals surface area contributed by atoms with Crippen LogP contribution >= 0.6 is 0 Å². The SMILES string of the molecule is O=C(NCc1ccc(F)cc1)C1CC(=O)N(c2ccc(N3CCCC3)cc2)C1. The van der Waals surface area contributed by atoms with Gasteiger partial charge in [0.05, 0.1) is 5.92 Å². The van der Waals surface area contributed by atoms with Gasteiger partial charge in [-0.15, -0.1) is 0 Å². The molecule has 0 bridgehead atoms. The summed E-state index contributed by atoms with van der Waals surface area (Å²) in [5.41, 5.74) is 2.84. The summed E-state index contributed by atoms with van der Waals surface area (Å²) >= 11 is 0. The minimum atomic E-state index is -0.369. The number of amides is 2. The van der Waals surface area contributed by atoms with Crippen molar-refractivity contribution in [3.05, 3.63) is 59.9 Å². The molecular formula is C22H24FN3O2. The van der Waals surface area contributed by atoms with Crippen LogP contribution in [-0.2, 0) is 16.1 Å². The second kappa shape index (κ2) is 8.00. The van der Waals surface area contributed by atoms with Crippen molar-refractivity contribution in [1.29, 1.82) is 0 Å². The molecular weight excluding hydrogens is 357 g/mol. The lowest BCUT2D eigenvalue weighted by atomic mass is 10.1. The maximum absolute atomic E-state index is 13.0. The van der Waals surface area contributed by atoms with E-state index in [-0.39, 0.29) is 30.0 Å². The molecule has 0 spiro atoms. The summed E-state index contributed by atoms with van der Waals surface area (Å²) in [5.74, 6) is -0.848. The van der Waals surface area contributed by atoms with Crippen LogP contribution in [0.5, 0.6) is 0 Å². The van der Waals surface area contributed by atoms with Crippen molar-refractivity contribution >= 4 is 23.2 Å². The average Bonchev–Trinajstić information content (AvgIpc) is 3.37. The number of hydrogen-bond acceptors (Lipinski definition) is 3. The van der Waals surface area contributed by atoms with Crippen molar-refractivity contribution in [3.8, 4) is 0 Å². The van der Waals surface area contributed by atoms with Gasteiger partial charge in [0.25, 0.3) is 0 Å². The highest BCUT2D eigenvalue weighted by molar-refractivity contribution is 6.00. The first-order valence-electron chi connectivity index (χ1n) is 9.78. The van der Waals surface area contributed by atoms with Crippen molar-refractivity contribution in [2.75, 3.05) is 29.4 Å². The third kappa shape index (κ3) is 4.01. The fourth-order valence-electron chi connectivity index (χ4n) is 3.89. The highest BCUT2D eigenvalue weighted by Crippen LogP contribution is 2.28. The van der Waals surface area contributed by atoms with Crippen molar-refractivity contribution in [2.45, 2.75) is 25.8 Å². The van der Waals surface area contributed by atoms with Gasteiger partial charge in [-0.25, -0.2) is 4.39 Å². The van der Waals surface area contributed by atoms with Gasteiger partial charge in [-0.1, -0.05) is 12.1 Å². The number of anilines is 2. The molecule has 0 radical (unpaired) electrons. The van der Waals surface area contributed by atoms with Crippen LogP contribution in [0.25, 0.3) is 0 Å². The Morgan fingerprint density at radius 1 is 1.00 bits per heavy atom. The largest absolute Gasteiger partial charge is 0.372 e. The quantitative estimate of drug-likeness (QED) is 0.866. The van der Waals surface area contributed by atoms with Gasteiger partial charge in [-0.05, 0) is 54.8 Å². The highest BCUT2D eigenvalue weighted by atomic mass is 19.1. The second-order valence-corrected chi connectivity index (χ2v) is 7.46. The maximum Gasteiger partial charge on any atom is 0.227 e. The van der Waals surface area contributed by atoms with Crippen molar-refractivity contribution < 1.29 is 14.0 Å². The third-order valence-electron chi connectivity index (χ3n) is 5.51. The van der Waals surface area contributed by atoms with Crippen molar-refractivity contribution in [2.24, 2.45) is 5.92 Å². The Hall–Kier alpha value is -2.89. The monoisotopic (exact) mass is 381 g/mol. The number of hydrogen-bond donors (Lipinski definition) is 1. The molecule has 1 atom stereocenters. The fraction of sp³-hybridized carbons (Fsp3) is 0.364. The summed E-state index contributed by atoms with van der Waals surface area (Å²) in [6, 6.07) is 14.1. The van der Waals surface area contributed by atoms with E-state index < -0.39 is 0 Å². The number of nitrogens with one attached hydrogen (secondary N) is 1. The molecule has 4 rings (SSSR count). The van der Waals surface area contributed by atoms with Gasteiger partial charge in [-0.3, -0.25) is 9.59 Å². The van der Waals surface area contributed by atoms with E-state index in [2.05, 4.69) is 22.3 Å². The molecule has 2 fully saturated rings. The summed E-state index contributed by atoms with van der Waals surface area (Å²) in [6.07, 6.45) is 2.66. The molecule has 2 saturated heterocycles. The Morgan fingerprint density at radius 3 is 2.32 bits per heavy atom. The maximum atomic E-state index is 13.0. The Balaban J connectivity index is 1.35. The first-order valence-corrected chi connectivity index (χ1v) is 9.78. The van der Waals surface area contributed by atoms with Crippen LogP contribution in [0.2, 0.25) is 0 Å². The first-order chi connectivity index (χ1) is 13.6. The van der Waals surface area contributed by atoms with Crippen LogP contribution in [0, 0.1) is 11.7 Å². The molecule has 2 heterocycles. The van der Waals surface area contributed by atoms with Crippen LogP contribution < -0.4 is 15.1 Å². The Kier molecular flexibility index (Phi) is 5.28. The standard InChI is InChI=1S/C22H24FN3O2/c23-18-5-3-16(4-6-18)14-24-22(28)17-13-21(27)26(15-17)20-9-7-19(8-10-20)25-11-1-2-12-25/h3-10,17H,1-2,11-15H2,(H,24,28). The Bertz CT molecular complexity index is 845. The second-order valence-electron chi connectivity index (χ2n) is 7.46. The van der Waals surface area contributed by atoms with E-state index in [1.165, 1.54) is 30.7 Å². The number of halogens is 1. The van der Waals surface area contributed by atoms with Gasteiger partial charge in [0.15, 0.2) is 0 Å². The summed E-state index contributed by atoms with van der Waals surface area (Å²) in [5, 5.41) is 2.85. The molecule has 5 nitrogen and oxygen atoms in total. The molecule has 2 aromatic rings. The molecule has 0 aromatic heterocycles. The molecule has 2 aliphatic rings. The topological polar surface area (TPSA) is 52.7 Å². The number of rotatable bonds is 5. The van der Waals surface area contributed by atoms with E-state index in [0.29, 0.717) is 13.1 Å². The smallest absolute Gasteiger partial charge is 0.227 e. The van der Waals surface area contributed by atoms with E-state index in [4.69, 9.17) is 0 Å². The van der Waals surface area contributed by atoms with E-state index in [1.807, 2.05) is 12.1 Å². The normalized spacial score (nSPS) is 19.3. The highest BCUT2D eigenvalue weighted by Gasteiger charge is 2.35. The van der Waals surface area contributed by atoms with Crippen molar-refractivity contribution in [3.63, 3.8) is 0 Å². The third-order valence-corrected chi connectivity index (χ3v) is 5.51. The molecule has 2 amide bonds. The summed E-state index contributed by atoms with van der Waals surface area (Å²) < 4.78 is 13.0. The number of carbonyl (C=O) groups is 2. The molecule has 6 heteroatoms. The Labute approximate surface area is 164 Å². The zero-order valence-electron chi connectivity index (χ0n) is 15.7. The number of benzene rings is 2. The van der Waals surface area contributed by atoms with Gasteiger partial charge in [0, 0.05) is 44.0 Å². The van der Waals surface area contributed by atoms with Gasteiger partial charge in [0.1, 0.15) is 5.82 Å². The lowest BCUT2D eigenvalue weighted by Crippen LogP contribution is -2.32. The predicted molar refractivity (Wildman–Crippen MR) is 107 cm³/mol. The van der Waals surface area contributed by atoms with Gasteiger partial charge >= 0.3 is 0 Å². The Morgan fingerprint density at radius 2 is 1.64 bits per heavy atom. The molecule has 2 aromatic carbocycles. The van der Waals surface area contributed by atoms with Crippen LogP contribution in [-0.4, -0.2) is 31.4 Å².